The minimum Gasteiger partial charge on any atom is -0.497 e. The van der Waals surface area contributed by atoms with Crippen molar-refractivity contribution in [3.8, 4) is 23.0 Å². The van der Waals surface area contributed by atoms with E-state index in [4.69, 9.17) is 33.7 Å². The number of oxime groups is 1. The number of aliphatic hydroxyl groups is 2. The number of amides is 2. The number of methoxy groups -OCH3 is 2. The van der Waals surface area contributed by atoms with Crippen LogP contribution in [-0.4, -0.2) is 91.8 Å². The number of ether oxygens (including phenoxy) is 5. The van der Waals surface area contributed by atoms with Crippen LogP contribution in [0.15, 0.2) is 65.9 Å². The van der Waals surface area contributed by atoms with Gasteiger partial charge in [-0.25, -0.2) is 4.79 Å². The lowest BCUT2D eigenvalue weighted by Gasteiger charge is -2.60. The van der Waals surface area contributed by atoms with Gasteiger partial charge in [-0.15, -0.1) is 6.58 Å². The Balaban J connectivity index is 1.49. The fraction of sp³-hybridized carbons (Fsp3) is 0.612. The first-order chi connectivity index (χ1) is 30.2. The van der Waals surface area contributed by atoms with Gasteiger partial charge in [0, 0.05) is 50.1 Å². The molecular weight excluding hydrogens is 791 g/mol. The molecule has 1 heterocycles. The zero-order valence-electron chi connectivity index (χ0n) is 37.3. The molecule has 6 rings (SSSR count). The van der Waals surface area contributed by atoms with Crippen molar-refractivity contribution in [1.82, 2.24) is 4.90 Å². The summed E-state index contributed by atoms with van der Waals surface area (Å²) in [4.78, 5) is 36.1. The van der Waals surface area contributed by atoms with Gasteiger partial charge in [0.2, 0.25) is 11.7 Å². The van der Waals surface area contributed by atoms with Gasteiger partial charge in [0.25, 0.3) is 0 Å². The predicted octanol–water partition coefficient (Wildman–Crippen LogP) is 9.18. The van der Waals surface area contributed by atoms with Crippen LogP contribution in [0.3, 0.4) is 0 Å². The Morgan fingerprint density at radius 1 is 0.984 bits per heavy atom. The number of fused-ring (bicyclic) bond motifs is 2. The summed E-state index contributed by atoms with van der Waals surface area (Å²) < 4.78 is 31.3. The van der Waals surface area contributed by atoms with Crippen LogP contribution >= 0.6 is 0 Å². The van der Waals surface area contributed by atoms with Crippen molar-refractivity contribution in [3.63, 3.8) is 0 Å². The normalized spacial score (nSPS) is 24.6. The number of unbranched alkanes of at least 4 members (excludes halogenated alkanes) is 2. The van der Waals surface area contributed by atoms with E-state index in [9.17, 15) is 19.8 Å². The van der Waals surface area contributed by atoms with E-state index in [2.05, 4.69) is 24.9 Å². The molecule has 0 bridgehead atoms. The highest BCUT2D eigenvalue weighted by Gasteiger charge is 2.65. The maximum atomic E-state index is 14.7. The third kappa shape index (κ3) is 10.6. The number of nitrogens with one attached hydrogen (secondary N) is 1. The zero-order chi connectivity index (χ0) is 44.1. The zero-order valence-corrected chi connectivity index (χ0v) is 37.3. The second-order valence-electron chi connectivity index (χ2n) is 17.0. The van der Waals surface area contributed by atoms with Crippen LogP contribution in [0.2, 0.25) is 0 Å². The quantitative estimate of drug-likeness (QED) is 0.0559. The van der Waals surface area contributed by atoms with Crippen LogP contribution in [0, 0.1) is 23.7 Å². The lowest BCUT2D eigenvalue weighted by Crippen LogP contribution is -2.70. The topological polar surface area (TPSA) is 158 Å². The van der Waals surface area contributed by atoms with E-state index in [0.29, 0.717) is 73.4 Å². The van der Waals surface area contributed by atoms with Crippen molar-refractivity contribution in [3.05, 3.63) is 66.3 Å². The van der Waals surface area contributed by atoms with Crippen molar-refractivity contribution in [2.45, 2.75) is 121 Å². The summed E-state index contributed by atoms with van der Waals surface area (Å²) in [6, 6.07) is 10.0. The van der Waals surface area contributed by atoms with Crippen molar-refractivity contribution in [2.24, 2.45) is 28.8 Å². The number of carbonyl (C=O) groups excluding carboxylic acids is 2. The van der Waals surface area contributed by atoms with Crippen molar-refractivity contribution in [2.75, 3.05) is 52.5 Å². The Hall–Kier alpha value is -4.59. The molecule has 13 heteroatoms. The van der Waals surface area contributed by atoms with Gasteiger partial charge in [0.05, 0.1) is 38.1 Å². The van der Waals surface area contributed by atoms with E-state index in [1.807, 2.05) is 24.0 Å². The second kappa shape index (κ2) is 22.7. The molecule has 6 atom stereocenters. The summed E-state index contributed by atoms with van der Waals surface area (Å²) in [5.41, 5.74) is 3.01. The number of hydrogen-bond donors (Lipinski definition) is 3. The summed E-state index contributed by atoms with van der Waals surface area (Å²) in [6.07, 6.45) is 15.1. The number of benzene rings is 2. The second-order valence-corrected chi connectivity index (χ2v) is 17.0. The van der Waals surface area contributed by atoms with Gasteiger partial charge < -0.3 is 43.6 Å². The van der Waals surface area contributed by atoms with Crippen LogP contribution in [0.5, 0.6) is 23.0 Å². The monoisotopic (exact) mass is 859 g/mol. The predicted molar refractivity (Wildman–Crippen MR) is 239 cm³/mol. The van der Waals surface area contributed by atoms with Gasteiger partial charge in [-0.1, -0.05) is 62.8 Å². The number of aliphatic hydroxyl groups excluding tert-OH is 2. The van der Waals surface area contributed by atoms with Crippen LogP contribution in [0.4, 0.5) is 10.5 Å². The Morgan fingerprint density at radius 3 is 2.44 bits per heavy atom. The molecule has 0 radical (unpaired) electrons. The molecule has 2 aromatic rings. The van der Waals surface area contributed by atoms with Gasteiger partial charge in [-0.3, -0.25) is 10.1 Å². The molecule has 6 unspecified atom stereocenters. The number of rotatable bonds is 23. The first-order valence-electron chi connectivity index (χ1n) is 23.0. The van der Waals surface area contributed by atoms with Gasteiger partial charge in [-0.05, 0) is 99.1 Å². The fourth-order valence-corrected chi connectivity index (χ4v) is 10.5. The molecule has 2 aromatic carbocycles. The summed E-state index contributed by atoms with van der Waals surface area (Å²) in [6.45, 7) is 9.31. The highest BCUT2D eigenvalue weighted by Crippen LogP contribution is 2.62. The van der Waals surface area contributed by atoms with Gasteiger partial charge >= 0.3 is 6.09 Å². The molecule has 2 amide bonds. The van der Waals surface area contributed by atoms with E-state index in [-0.39, 0.29) is 43.5 Å². The molecule has 2 fully saturated rings. The highest BCUT2D eigenvalue weighted by molar-refractivity contribution is 6.03. The minimum absolute atomic E-state index is 0.0285. The largest absolute Gasteiger partial charge is 0.497 e. The van der Waals surface area contributed by atoms with Gasteiger partial charge in [0.15, 0.2) is 0 Å². The number of allylic oxidation sites excluding steroid dienone is 1. The SMILES string of the molecule is C=CCOC12Oc3ccc(OC(=O)Nc4ccc(OC)cc4OC)cc3C3C(CCCCO)C(CCCCO)C=C(C(=NOCC)CC1N(CCC)C(=O)CCC1CCCC1)C32. The highest BCUT2D eigenvalue weighted by atomic mass is 16.7. The summed E-state index contributed by atoms with van der Waals surface area (Å²) in [5, 5.41) is 27.5. The number of hydrogen-bond acceptors (Lipinski definition) is 11. The summed E-state index contributed by atoms with van der Waals surface area (Å²) in [7, 11) is 3.08. The lowest BCUT2D eigenvalue weighted by atomic mass is 9.55. The van der Waals surface area contributed by atoms with E-state index in [1.54, 1.807) is 37.5 Å². The molecule has 0 saturated heterocycles. The molecule has 2 saturated carbocycles. The molecule has 340 valence electrons. The third-order valence-electron chi connectivity index (χ3n) is 13.2. The van der Waals surface area contributed by atoms with Crippen LogP contribution < -0.4 is 24.3 Å². The Labute approximate surface area is 367 Å². The Morgan fingerprint density at radius 2 is 1.74 bits per heavy atom. The molecular formula is C49H69N3O10. The van der Waals surface area contributed by atoms with Crippen molar-refractivity contribution >= 4 is 23.4 Å². The molecule has 0 spiro atoms. The minimum atomic E-state index is -1.34. The number of carbonyl (C=O) groups is 2. The van der Waals surface area contributed by atoms with Crippen molar-refractivity contribution in [1.29, 1.82) is 0 Å². The Bertz CT molecular complexity index is 1880. The Kier molecular flexibility index (Phi) is 17.1. The van der Waals surface area contributed by atoms with Crippen LogP contribution in [0.1, 0.15) is 115 Å². The van der Waals surface area contributed by atoms with E-state index in [0.717, 1.165) is 55.4 Å². The van der Waals surface area contributed by atoms with E-state index < -0.39 is 23.8 Å². The third-order valence-corrected chi connectivity index (χ3v) is 13.2. The smallest absolute Gasteiger partial charge is 0.417 e. The molecule has 62 heavy (non-hydrogen) atoms. The lowest BCUT2D eigenvalue weighted by molar-refractivity contribution is -0.257. The molecule has 0 aromatic heterocycles. The van der Waals surface area contributed by atoms with Gasteiger partial charge in [-0.2, -0.15) is 0 Å². The average Bonchev–Trinajstić information content (AvgIpc) is 3.81. The summed E-state index contributed by atoms with van der Waals surface area (Å²) in [5.74, 6) is 0.618. The van der Waals surface area contributed by atoms with Crippen LogP contribution in [-0.2, 0) is 14.4 Å². The van der Waals surface area contributed by atoms with E-state index >= 15 is 0 Å². The standard InChI is InChI=1S/C49H69N3O10/c1-6-25-52(45(55)24-19-33-15-9-10-16-33)44-32-41(51-60-8-3)38-29-34(17-11-13-26-53)37(18-12-14-27-54)46-39-30-36(21-23-42(39)62-49(44,47(38)46)59-28-7-2)61-48(56)50-40-22-20-35(57-4)31-43(40)58-5/h7,20-23,29-31,33-34,37,44,46-47,53-54H,2,6,8-19,24-28,32H2,1,3-5H3,(H,50,56). The fourth-order valence-electron chi connectivity index (χ4n) is 10.5. The number of nitrogens with zero attached hydrogens (tertiary/aromatic N) is 2. The molecule has 3 N–H and O–H groups in total. The van der Waals surface area contributed by atoms with E-state index in [1.165, 1.54) is 32.8 Å². The molecule has 3 aliphatic carbocycles. The molecule has 13 nitrogen and oxygen atoms in total. The maximum absolute atomic E-state index is 14.7. The number of anilines is 1. The maximum Gasteiger partial charge on any atom is 0.417 e. The summed E-state index contributed by atoms with van der Waals surface area (Å²) >= 11 is 0. The first kappa shape index (κ1) is 46.9. The first-order valence-corrected chi connectivity index (χ1v) is 23.0. The molecule has 1 aliphatic heterocycles. The van der Waals surface area contributed by atoms with Crippen molar-refractivity contribution < 1.29 is 48.3 Å². The molecule has 4 aliphatic rings. The van der Waals surface area contributed by atoms with Gasteiger partial charge in [0.1, 0.15) is 35.6 Å². The average molecular weight is 860 g/mol. The van der Waals surface area contributed by atoms with Crippen LogP contribution in [0.25, 0.3) is 0 Å².